The number of carbonyl (C=O) groups excluding carboxylic acids is 2. The lowest BCUT2D eigenvalue weighted by Crippen LogP contribution is -2.51. The van der Waals surface area contributed by atoms with Crippen LogP contribution in [0.25, 0.3) is 0 Å². The summed E-state index contributed by atoms with van der Waals surface area (Å²) < 4.78 is 0. The third kappa shape index (κ3) is 6.96. The molecular formula is C26H35N5O2. The fourth-order valence-corrected chi connectivity index (χ4v) is 4.78. The highest BCUT2D eigenvalue weighted by molar-refractivity contribution is 5.89. The van der Waals surface area contributed by atoms with Crippen molar-refractivity contribution < 1.29 is 9.59 Å². The number of nitrogens with zero attached hydrogens (tertiary/aromatic N) is 2. The van der Waals surface area contributed by atoms with E-state index >= 15 is 0 Å². The highest BCUT2D eigenvalue weighted by Gasteiger charge is 2.26. The van der Waals surface area contributed by atoms with E-state index in [1.54, 1.807) is 0 Å². The van der Waals surface area contributed by atoms with Crippen LogP contribution in [0.2, 0.25) is 0 Å². The quantitative estimate of drug-likeness (QED) is 0.578. The fourth-order valence-electron chi connectivity index (χ4n) is 4.78. The summed E-state index contributed by atoms with van der Waals surface area (Å²) in [6.07, 6.45) is 4.31. The largest absolute Gasteiger partial charge is 0.371 e. The molecule has 7 heteroatoms. The van der Waals surface area contributed by atoms with Crippen molar-refractivity contribution in [1.29, 1.82) is 0 Å². The van der Waals surface area contributed by atoms with E-state index in [1.165, 1.54) is 5.69 Å². The number of hydrogen-bond acceptors (Lipinski definition) is 4. The number of likely N-dealkylation sites (tertiary alicyclic amines) is 1. The molecule has 0 saturated carbocycles. The molecule has 2 aliphatic heterocycles. The summed E-state index contributed by atoms with van der Waals surface area (Å²) in [4.78, 5) is 29.5. The molecule has 0 radical (unpaired) electrons. The second-order valence-corrected chi connectivity index (χ2v) is 9.06. The summed E-state index contributed by atoms with van der Waals surface area (Å²) in [5, 5.41) is 8.98. The summed E-state index contributed by atoms with van der Waals surface area (Å²) in [7, 11) is 0. The molecule has 0 bridgehead atoms. The Morgan fingerprint density at radius 1 is 0.848 bits per heavy atom. The molecule has 0 spiro atoms. The van der Waals surface area contributed by atoms with Crippen molar-refractivity contribution >= 4 is 23.3 Å². The van der Waals surface area contributed by atoms with Crippen molar-refractivity contribution in [3.8, 4) is 0 Å². The standard InChI is InChI=1S/C26H35N5O2/c32-25(27-17-21-14-16-31(19-21)23-11-5-2-6-12-23)20-30-15-8-7-13-24(30)18-28-26(33)29-22-9-3-1-4-10-22/h1-6,9-12,21,24H,7-8,13-20H2,(H,27,32)(H2,28,29,33). The SMILES string of the molecule is O=C(CN1CCCCC1CNC(=O)Nc1ccccc1)NCC1CCN(c2ccccc2)C1. The van der Waals surface area contributed by atoms with Gasteiger partial charge in [-0.15, -0.1) is 0 Å². The average Bonchev–Trinajstić information content (AvgIpc) is 3.33. The van der Waals surface area contributed by atoms with Gasteiger partial charge in [0, 0.05) is 43.6 Å². The molecule has 3 N–H and O–H groups in total. The second kappa shape index (κ2) is 11.7. The van der Waals surface area contributed by atoms with E-state index < -0.39 is 0 Å². The van der Waals surface area contributed by atoms with Crippen LogP contribution in [0.15, 0.2) is 60.7 Å². The Hall–Kier alpha value is -3.06. The van der Waals surface area contributed by atoms with Crippen LogP contribution in [0.4, 0.5) is 16.2 Å². The van der Waals surface area contributed by atoms with E-state index in [2.05, 4.69) is 50.0 Å². The van der Waals surface area contributed by atoms with Crippen molar-refractivity contribution in [1.82, 2.24) is 15.5 Å². The lowest BCUT2D eigenvalue weighted by Gasteiger charge is -2.35. The summed E-state index contributed by atoms with van der Waals surface area (Å²) >= 11 is 0. The molecule has 2 atom stereocenters. The first-order valence-corrected chi connectivity index (χ1v) is 12.1. The maximum atomic E-state index is 12.7. The molecule has 0 aromatic heterocycles. The average molecular weight is 450 g/mol. The summed E-state index contributed by atoms with van der Waals surface area (Å²) in [5.41, 5.74) is 2.03. The van der Waals surface area contributed by atoms with Gasteiger partial charge in [0.1, 0.15) is 0 Å². The first-order valence-electron chi connectivity index (χ1n) is 12.1. The number of para-hydroxylation sites is 2. The monoisotopic (exact) mass is 449 g/mol. The van der Waals surface area contributed by atoms with E-state index in [1.807, 2.05) is 36.4 Å². The van der Waals surface area contributed by atoms with E-state index in [9.17, 15) is 9.59 Å². The Kier molecular flexibility index (Phi) is 8.19. The Labute approximate surface area is 196 Å². The number of urea groups is 1. The Bertz CT molecular complexity index is 892. The predicted molar refractivity (Wildman–Crippen MR) is 132 cm³/mol. The lowest BCUT2D eigenvalue weighted by molar-refractivity contribution is -0.123. The Morgan fingerprint density at radius 2 is 1.61 bits per heavy atom. The maximum absolute atomic E-state index is 12.7. The number of piperidine rings is 1. The minimum absolute atomic E-state index is 0.0776. The fraction of sp³-hybridized carbons (Fsp3) is 0.462. The van der Waals surface area contributed by atoms with Crippen molar-refractivity contribution in [2.45, 2.75) is 31.7 Å². The molecular weight excluding hydrogens is 414 g/mol. The predicted octanol–water partition coefficient (Wildman–Crippen LogP) is 3.31. The molecule has 4 rings (SSSR count). The van der Waals surface area contributed by atoms with Gasteiger partial charge in [0.15, 0.2) is 0 Å². The van der Waals surface area contributed by atoms with E-state index in [-0.39, 0.29) is 18.0 Å². The highest BCUT2D eigenvalue weighted by atomic mass is 16.2. The topological polar surface area (TPSA) is 76.7 Å². The van der Waals surface area contributed by atoms with E-state index in [4.69, 9.17) is 0 Å². The zero-order chi connectivity index (χ0) is 22.9. The molecule has 33 heavy (non-hydrogen) atoms. The first kappa shape index (κ1) is 23.1. The van der Waals surface area contributed by atoms with Gasteiger partial charge in [-0.2, -0.15) is 0 Å². The number of anilines is 2. The number of amides is 3. The minimum Gasteiger partial charge on any atom is -0.371 e. The molecule has 7 nitrogen and oxygen atoms in total. The van der Waals surface area contributed by atoms with Crippen molar-refractivity contribution in [2.24, 2.45) is 5.92 Å². The Balaban J connectivity index is 1.18. The first-order chi connectivity index (χ1) is 16.2. The van der Waals surface area contributed by atoms with Gasteiger partial charge in [0.2, 0.25) is 5.91 Å². The number of benzene rings is 2. The van der Waals surface area contributed by atoms with Gasteiger partial charge >= 0.3 is 6.03 Å². The molecule has 2 heterocycles. The zero-order valence-corrected chi connectivity index (χ0v) is 19.2. The van der Waals surface area contributed by atoms with Crippen LogP contribution in [0.1, 0.15) is 25.7 Å². The molecule has 2 unspecified atom stereocenters. The Morgan fingerprint density at radius 3 is 2.39 bits per heavy atom. The molecule has 3 amide bonds. The maximum Gasteiger partial charge on any atom is 0.319 e. The molecule has 2 aromatic rings. The molecule has 0 aliphatic carbocycles. The third-order valence-corrected chi connectivity index (χ3v) is 6.62. The van der Waals surface area contributed by atoms with Crippen LogP contribution >= 0.6 is 0 Å². The molecule has 2 aromatic carbocycles. The smallest absolute Gasteiger partial charge is 0.319 e. The van der Waals surface area contributed by atoms with Crippen molar-refractivity contribution in [3.05, 3.63) is 60.7 Å². The van der Waals surface area contributed by atoms with Crippen molar-refractivity contribution in [2.75, 3.05) is 49.5 Å². The van der Waals surface area contributed by atoms with Gasteiger partial charge < -0.3 is 20.9 Å². The molecule has 2 aliphatic rings. The van der Waals surface area contributed by atoms with E-state index in [0.29, 0.717) is 19.0 Å². The summed E-state index contributed by atoms with van der Waals surface area (Å²) in [6, 6.07) is 19.9. The number of carbonyl (C=O) groups is 2. The molecule has 176 valence electrons. The second-order valence-electron chi connectivity index (χ2n) is 9.06. The van der Waals surface area contributed by atoms with Gasteiger partial charge in [0.25, 0.3) is 0 Å². The number of hydrogen-bond donors (Lipinski definition) is 3. The van der Waals surface area contributed by atoms with E-state index in [0.717, 1.165) is 57.5 Å². The van der Waals surface area contributed by atoms with Gasteiger partial charge in [-0.25, -0.2) is 4.79 Å². The molecule has 2 saturated heterocycles. The van der Waals surface area contributed by atoms with Crippen LogP contribution in [0.5, 0.6) is 0 Å². The number of nitrogens with one attached hydrogen (secondary N) is 3. The highest BCUT2D eigenvalue weighted by Crippen LogP contribution is 2.23. The zero-order valence-electron chi connectivity index (χ0n) is 19.2. The number of rotatable bonds is 8. The third-order valence-electron chi connectivity index (χ3n) is 6.62. The van der Waals surface area contributed by atoms with Gasteiger partial charge in [-0.05, 0) is 56.0 Å². The van der Waals surface area contributed by atoms with Crippen molar-refractivity contribution in [3.63, 3.8) is 0 Å². The molecule has 2 fully saturated rings. The minimum atomic E-state index is -0.208. The normalized spacial score (nSPS) is 20.9. The summed E-state index contributed by atoms with van der Waals surface area (Å²) in [5.74, 6) is 0.559. The summed E-state index contributed by atoms with van der Waals surface area (Å²) in [6.45, 7) is 4.57. The van der Waals surface area contributed by atoms with Crippen LogP contribution in [0, 0.1) is 5.92 Å². The van der Waals surface area contributed by atoms with Crippen LogP contribution < -0.4 is 20.9 Å². The van der Waals surface area contributed by atoms with Gasteiger partial charge in [-0.1, -0.05) is 42.8 Å². The van der Waals surface area contributed by atoms with Crippen LogP contribution in [0.3, 0.4) is 0 Å². The lowest BCUT2D eigenvalue weighted by atomic mass is 10.0. The van der Waals surface area contributed by atoms with Gasteiger partial charge in [-0.3, -0.25) is 9.69 Å². The van der Waals surface area contributed by atoms with Gasteiger partial charge in [0.05, 0.1) is 6.54 Å². The van der Waals surface area contributed by atoms with Crippen LogP contribution in [-0.4, -0.2) is 62.1 Å². The van der Waals surface area contributed by atoms with Crippen LogP contribution in [-0.2, 0) is 4.79 Å².